The summed E-state index contributed by atoms with van der Waals surface area (Å²) in [6, 6.07) is 11.7. The van der Waals surface area contributed by atoms with Gasteiger partial charge in [0.15, 0.2) is 0 Å². The molecule has 0 nitrogen and oxygen atoms in total. The Bertz CT molecular complexity index is 679. The van der Waals surface area contributed by atoms with Crippen LogP contribution >= 0.6 is 0 Å². The smallest absolute Gasteiger partial charge is 0.0117 e. The molecule has 4 rings (SSSR count). The molecule has 122 valence electrons. The lowest BCUT2D eigenvalue weighted by Gasteiger charge is -2.25. The van der Waals surface area contributed by atoms with Crippen molar-refractivity contribution >= 4 is 0 Å². The summed E-state index contributed by atoms with van der Waals surface area (Å²) >= 11 is 0. The molecule has 0 aliphatic heterocycles. The molecule has 23 heavy (non-hydrogen) atoms. The van der Waals surface area contributed by atoms with E-state index in [1.165, 1.54) is 56.9 Å². The molecule has 2 aromatic carbocycles. The minimum absolute atomic E-state index is 1.27. The van der Waals surface area contributed by atoms with Crippen LogP contribution < -0.4 is 0 Å². The standard InChI is InChI=1S/C21H24.C2H6/c1-15-13-14-17-8-3-5-11-19(17)21(15)20-12-6-9-16-7-2-4-10-18(16)20;1-2/h6,9,12-14H,2-5,7-8,10-11H2,1H3;1-2H3. The predicted molar refractivity (Wildman–Crippen MR) is 101 cm³/mol. The van der Waals surface area contributed by atoms with Crippen molar-refractivity contribution in [3.05, 3.63) is 58.1 Å². The van der Waals surface area contributed by atoms with Crippen LogP contribution in [0.15, 0.2) is 30.3 Å². The maximum atomic E-state index is 2.38. The van der Waals surface area contributed by atoms with E-state index < -0.39 is 0 Å². The third-order valence-corrected chi connectivity index (χ3v) is 5.41. The largest absolute Gasteiger partial charge is 0.0683 e. The molecule has 2 aliphatic rings. The number of aryl methyl sites for hydroxylation is 3. The van der Waals surface area contributed by atoms with E-state index in [1.54, 1.807) is 33.4 Å². The van der Waals surface area contributed by atoms with Gasteiger partial charge < -0.3 is 0 Å². The summed E-state index contributed by atoms with van der Waals surface area (Å²) in [5, 5.41) is 0. The summed E-state index contributed by atoms with van der Waals surface area (Å²) in [5.41, 5.74) is 11.1. The van der Waals surface area contributed by atoms with Gasteiger partial charge in [0.1, 0.15) is 0 Å². The van der Waals surface area contributed by atoms with Gasteiger partial charge >= 0.3 is 0 Å². The van der Waals surface area contributed by atoms with Gasteiger partial charge in [0.2, 0.25) is 0 Å². The number of fused-ring (bicyclic) bond motifs is 2. The zero-order valence-corrected chi connectivity index (χ0v) is 15.0. The van der Waals surface area contributed by atoms with Crippen molar-refractivity contribution in [1.82, 2.24) is 0 Å². The zero-order chi connectivity index (χ0) is 16.2. The Morgan fingerprint density at radius 2 is 1.26 bits per heavy atom. The Kier molecular flexibility index (Phi) is 5.20. The van der Waals surface area contributed by atoms with E-state index in [1.807, 2.05) is 13.8 Å². The zero-order valence-electron chi connectivity index (χ0n) is 15.0. The molecule has 0 amide bonds. The van der Waals surface area contributed by atoms with Crippen molar-refractivity contribution < 1.29 is 0 Å². The minimum Gasteiger partial charge on any atom is -0.0683 e. The van der Waals surface area contributed by atoms with Crippen LogP contribution in [0.25, 0.3) is 11.1 Å². The van der Waals surface area contributed by atoms with Crippen LogP contribution in [0.5, 0.6) is 0 Å². The van der Waals surface area contributed by atoms with Gasteiger partial charge in [0, 0.05) is 0 Å². The first kappa shape index (κ1) is 16.3. The van der Waals surface area contributed by atoms with Crippen molar-refractivity contribution in [2.45, 2.75) is 72.1 Å². The molecule has 0 N–H and O–H groups in total. The Balaban J connectivity index is 0.000000753. The molecule has 0 bridgehead atoms. The van der Waals surface area contributed by atoms with Crippen LogP contribution in [0.1, 0.15) is 67.3 Å². The van der Waals surface area contributed by atoms with Crippen molar-refractivity contribution in [2.24, 2.45) is 0 Å². The fourth-order valence-corrected chi connectivity index (χ4v) is 4.34. The SMILES string of the molecule is CC.Cc1ccc2c(c1-c1cccc3c1CCCC3)CCCC2. The first-order valence-corrected chi connectivity index (χ1v) is 9.57. The van der Waals surface area contributed by atoms with Gasteiger partial charge in [-0.3, -0.25) is 0 Å². The van der Waals surface area contributed by atoms with E-state index in [2.05, 4.69) is 37.3 Å². The van der Waals surface area contributed by atoms with Gasteiger partial charge in [-0.15, -0.1) is 0 Å². The molecule has 0 atom stereocenters. The molecule has 2 aromatic rings. The molecule has 0 fully saturated rings. The lowest BCUT2D eigenvalue weighted by atomic mass is 9.79. The maximum Gasteiger partial charge on any atom is -0.0117 e. The molecule has 0 heterocycles. The summed E-state index contributed by atoms with van der Waals surface area (Å²) in [6.07, 6.45) is 10.5. The van der Waals surface area contributed by atoms with E-state index in [-0.39, 0.29) is 0 Å². The molecule has 0 heteroatoms. The quantitative estimate of drug-likeness (QED) is 0.568. The van der Waals surface area contributed by atoms with E-state index in [9.17, 15) is 0 Å². The van der Waals surface area contributed by atoms with E-state index in [0.717, 1.165) is 0 Å². The Morgan fingerprint density at radius 3 is 2.00 bits per heavy atom. The highest BCUT2D eigenvalue weighted by Gasteiger charge is 2.20. The van der Waals surface area contributed by atoms with Gasteiger partial charge in [0.05, 0.1) is 0 Å². The van der Waals surface area contributed by atoms with Crippen LogP contribution in [-0.4, -0.2) is 0 Å². The van der Waals surface area contributed by atoms with Crippen LogP contribution in [0.4, 0.5) is 0 Å². The van der Waals surface area contributed by atoms with Gasteiger partial charge in [-0.1, -0.05) is 44.2 Å². The summed E-state index contributed by atoms with van der Waals surface area (Å²) in [6.45, 7) is 6.30. The molecule has 2 aliphatic carbocycles. The molecule has 0 aromatic heterocycles. The third-order valence-electron chi connectivity index (χ3n) is 5.41. The van der Waals surface area contributed by atoms with Crippen molar-refractivity contribution in [1.29, 1.82) is 0 Å². The molecule has 0 saturated heterocycles. The fraction of sp³-hybridized carbons (Fsp3) is 0.478. The lowest BCUT2D eigenvalue weighted by Crippen LogP contribution is -2.09. The highest BCUT2D eigenvalue weighted by atomic mass is 14.2. The second kappa shape index (κ2) is 7.34. The van der Waals surface area contributed by atoms with Crippen LogP contribution in [0.2, 0.25) is 0 Å². The highest BCUT2D eigenvalue weighted by Crippen LogP contribution is 2.38. The second-order valence-electron chi connectivity index (χ2n) is 6.75. The number of hydrogen-bond acceptors (Lipinski definition) is 0. The van der Waals surface area contributed by atoms with Crippen LogP contribution in [0.3, 0.4) is 0 Å². The second-order valence-corrected chi connectivity index (χ2v) is 6.75. The summed E-state index contributed by atoms with van der Waals surface area (Å²) in [5.74, 6) is 0. The van der Waals surface area contributed by atoms with Gasteiger partial charge in [-0.25, -0.2) is 0 Å². The number of rotatable bonds is 1. The fourth-order valence-electron chi connectivity index (χ4n) is 4.34. The van der Waals surface area contributed by atoms with Crippen molar-refractivity contribution in [3.63, 3.8) is 0 Å². The normalized spacial score (nSPS) is 16.0. The summed E-state index contributed by atoms with van der Waals surface area (Å²) in [4.78, 5) is 0. The van der Waals surface area contributed by atoms with E-state index >= 15 is 0 Å². The van der Waals surface area contributed by atoms with Crippen LogP contribution in [0, 0.1) is 6.92 Å². The average Bonchev–Trinajstić information content (AvgIpc) is 2.63. The molecular formula is C23H30. The molecular weight excluding hydrogens is 276 g/mol. The Labute approximate surface area is 141 Å². The number of hydrogen-bond donors (Lipinski definition) is 0. The van der Waals surface area contributed by atoms with Gasteiger partial charge in [0.25, 0.3) is 0 Å². The summed E-state index contributed by atoms with van der Waals surface area (Å²) in [7, 11) is 0. The topological polar surface area (TPSA) is 0 Å². The van der Waals surface area contributed by atoms with Gasteiger partial charge in [-0.2, -0.15) is 0 Å². The minimum atomic E-state index is 1.27. The first-order valence-electron chi connectivity index (χ1n) is 9.57. The van der Waals surface area contributed by atoms with Crippen molar-refractivity contribution in [2.75, 3.05) is 0 Å². The van der Waals surface area contributed by atoms with E-state index in [0.29, 0.717) is 0 Å². The van der Waals surface area contributed by atoms with Crippen molar-refractivity contribution in [3.8, 4) is 11.1 Å². The monoisotopic (exact) mass is 306 g/mol. The first-order chi connectivity index (χ1) is 11.3. The average molecular weight is 306 g/mol. The number of benzene rings is 2. The summed E-state index contributed by atoms with van der Waals surface area (Å²) < 4.78 is 0. The highest BCUT2D eigenvalue weighted by molar-refractivity contribution is 5.76. The Morgan fingerprint density at radius 1 is 0.652 bits per heavy atom. The maximum absolute atomic E-state index is 2.38. The van der Waals surface area contributed by atoms with Crippen LogP contribution in [-0.2, 0) is 25.7 Å². The van der Waals surface area contributed by atoms with Gasteiger partial charge in [-0.05, 0) is 97.2 Å². The molecule has 0 radical (unpaired) electrons. The molecule has 0 unspecified atom stereocenters. The molecule has 0 spiro atoms. The third kappa shape index (κ3) is 3.09. The van der Waals surface area contributed by atoms with E-state index in [4.69, 9.17) is 0 Å². The molecule has 0 saturated carbocycles. The predicted octanol–water partition coefficient (Wildman–Crippen LogP) is 6.45. The lowest BCUT2D eigenvalue weighted by molar-refractivity contribution is 0.681. The Hall–Kier alpha value is -1.56.